The van der Waals surface area contributed by atoms with E-state index in [1.807, 2.05) is 12.1 Å². The van der Waals surface area contributed by atoms with Gasteiger partial charge in [0.25, 0.3) is 0 Å². The first kappa shape index (κ1) is 14.5. The van der Waals surface area contributed by atoms with Crippen LogP contribution in [-0.2, 0) is 15.4 Å². The molecule has 0 unspecified atom stereocenters. The van der Waals surface area contributed by atoms with E-state index in [1.165, 1.54) is 0 Å². The molecule has 1 fully saturated rings. The third-order valence-corrected chi connectivity index (χ3v) is 5.24. The highest BCUT2D eigenvalue weighted by molar-refractivity contribution is 7.89. The van der Waals surface area contributed by atoms with Gasteiger partial charge in [-0.3, -0.25) is 0 Å². The summed E-state index contributed by atoms with van der Waals surface area (Å²) in [6.07, 6.45) is 4.16. The van der Waals surface area contributed by atoms with Crippen LogP contribution in [0.25, 0.3) is 0 Å². The van der Waals surface area contributed by atoms with Crippen LogP contribution in [-0.4, -0.2) is 14.5 Å². The highest BCUT2D eigenvalue weighted by atomic mass is 32.2. The largest absolute Gasteiger partial charge is 0.240 e. The van der Waals surface area contributed by atoms with E-state index in [4.69, 9.17) is 0 Å². The Balaban J connectivity index is 2.16. The predicted molar refractivity (Wildman–Crippen MR) is 77.7 cm³/mol. The van der Waals surface area contributed by atoms with Gasteiger partial charge in [-0.15, -0.1) is 0 Å². The Morgan fingerprint density at radius 1 is 1.05 bits per heavy atom. The predicted octanol–water partition coefficient (Wildman–Crippen LogP) is 3.21. The molecule has 0 atom stereocenters. The third-order valence-electron chi connectivity index (χ3n) is 3.71. The molecule has 0 aliphatic heterocycles. The lowest BCUT2D eigenvalue weighted by molar-refractivity contribution is 0.551. The molecule has 0 bridgehead atoms. The zero-order valence-electron chi connectivity index (χ0n) is 11.9. The van der Waals surface area contributed by atoms with Crippen LogP contribution < -0.4 is 4.72 Å². The monoisotopic (exact) mass is 281 g/mol. The minimum atomic E-state index is -3.36. The van der Waals surface area contributed by atoms with Gasteiger partial charge in [0.05, 0.1) is 4.90 Å². The SMILES string of the molecule is CC(C)(C)c1ccc(S(=O)(=O)NC2CCCC2)cc1. The highest BCUT2D eigenvalue weighted by Gasteiger charge is 2.23. The Labute approximate surface area is 116 Å². The maximum atomic E-state index is 12.2. The summed E-state index contributed by atoms with van der Waals surface area (Å²) in [5.74, 6) is 0. The molecule has 0 radical (unpaired) electrons. The van der Waals surface area contributed by atoms with Crippen molar-refractivity contribution in [3.8, 4) is 0 Å². The highest BCUT2D eigenvalue weighted by Crippen LogP contribution is 2.24. The Bertz CT molecular complexity index is 520. The third kappa shape index (κ3) is 3.57. The first-order chi connectivity index (χ1) is 8.79. The molecule has 19 heavy (non-hydrogen) atoms. The summed E-state index contributed by atoms with van der Waals surface area (Å²) < 4.78 is 27.3. The van der Waals surface area contributed by atoms with E-state index in [2.05, 4.69) is 25.5 Å². The number of sulfonamides is 1. The summed E-state index contributed by atoms with van der Waals surface area (Å²) in [5, 5.41) is 0. The summed E-state index contributed by atoms with van der Waals surface area (Å²) in [6, 6.07) is 7.34. The van der Waals surface area contributed by atoms with Crippen LogP contribution in [0.1, 0.15) is 52.0 Å². The molecule has 3 nitrogen and oxygen atoms in total. The van der Waals surface area contributed by atoms with Gasteiger partial charge in [0.15, 0.2) is 0 Å². The molecule has 1 aliphatic carbocycles. The van der Waals surface area contributed by atoms with Crippen molar-refractivity contribution in [1.29, 1.82) is 0 Å². The van der Waals surface area contributed by atoms with Crippen LogP contribution in [0.4, 0.5) is 0 Å². The molecular formula is C15H23NO2S. The summed E-state index contributed by atoms with van der Waals surface area (Å²) in [4.78, 5) is 0.368. The van der Waals surface area contributed by atoms with Crippen molar-refractivity contribution in [3.05, 3.63) is 29.8 Å². The van der Waals surface area contributed by atoms with Crippen LogP contribution in [0.15, 0.2) is 29.2 Å². The van der Waals surface area contributed by atoms with Crippen molar-refractivity contribution in [2.75, 3.05) is 0 Å². The van der Waals surface area contributed by atoms with Gasteiger partial charge < -0.3 is 0 Å². The average Bonchev–Trinajstić information content (AvgIpc) is 2.80. The molecule has 1 N–H and O–H groups in total. The number of benzene rings is 1. The van der Waals surface area contributed by atoms with E-state index in [-0.39, 0.29) is 11.5 Å². The maximum Gasteiger partial charge on any atom is 0.240 e. The van der Waals surface area contributed by atoms with E-state index in [0.717, 1.165) is 31.2 Å². The molecule has 0 amide bonds. The van der Waals surface area contributed by atoms with Gasteiger partial charge in [0.2, 0.25) is 10.0 Å². The molecular weight excluding hydrogens is 258 g/mol. The smallest absolute Gasteiger partial charge is 0.208 e. The van der Waals surface area contributed by atoms with Crippen molar-refractivity contribution in [1.82, 2.24) is 4.72 Å². The second kappa shape index (κ2) is 5.25. The number of rotatable bonds is 3. The van der Waals surface area contributed by atoms with Crippen molar-refractivity contribution in [2.45, 2.75) is 62.8 Å². The van der Waals surface area contributed by atoms with Crippen molar-refractivity contribution in [2.24, 2.45) is 0 Å². The van der Waals surface area contributed by atoms with Gasteiger partial charge in [0.1, 0.15) is 0 Å². The molecule has 0 saturated heterocycles. The lowest BCUT2D eigenvalue weighted by Crippen LogP contribution is -2.32. The van der Waals surface area contributed by atoms with Crippen LogP contribution in [0, 0.1) is 0 Å². The molecule has 1 saturated carbocycles. The van der Waals surface area contributed by atoms with E-state index >= 15 is 0 Å². The molecule has 0 spiro atoms. The van der Waals surface area contributed by atoms with Gasteiger partial charge in [-0.1, -0.05) is 45.7 Å². The molecule has 1 aromatic carbocycles. The lowest BCUT2D eigenvalue weighted by Gasteiger charge is -2.19. The van der Waals surface area contributed by atoms with Crippen molar-refractivity contribution < 1.29 is 8.42 Å². The van der Waals surface area contributed by atoms with Crippen LogP contribution in [0.3, 0.4) is 0 Å². The number of nitrogens with one attached hydrogen (secondary N) is 1. The van der Waals surface area contributed by atoms with E-state index in [1.54, 1.807) is 12.1 Å². The van der Waals surface area contributed by atoms with Gasteiger partial charge in [-0.2, -0.15) is 0 Å². The van der Waals surface area contributed by atoms with Crippen molar-refractivity contribution >= 4 is 10.0 Å². The van der Waals surface area contributed by atoms with Gasteiger partial charge >= 0.3 is 0 Å². The zero-order chi connectivity index (χ0) is 14.1. The molecule has 0 aromatic heterocycles. The lowest BCUT2D eigenvalue weighted by atomic mass is 9.87. The molecule has 0 heterocycles. The first-order valence-corrected chi connectivity index (χ1v) is 8.40. The van der Waals surface area contributed by atoms with Crippen molar-refractivity contribution in [3.63, 3.8) is 0 Å². The van der Waals surface area contributed by atoms with E-state index in [0.29, 0.717) is 4.90 Å². The fraction of sp³-hybridized carbons (Fsp3) is 0.600. The zero-order valence-corrected chi connectivity index (χ0v) is 12.8. The number of hydrogen-bond acceptors (Lipinski definition) is 2. The van der Waals surface area contributed by atoms with Gasteiger partial charge in [-0.05, 0) is 36.0 Å². The number of hydrogen-bond donors (Lipinski definition) is 1. The van der Waals surface area contributed by atoms with Gasteiger partial charge in [0, 0.05) is 6.04 Å². The second-order valence-electron chi connectivity index (χ2n) is 6.38. The van der Waals surface area contributed by atoms with E-state index < -0.39 is 10.0 Å². The minimum Gasteiger partial charge on any atom is -0.208 e. The van der Waals surface area contributed by atoms with Gasteiger partial charge in [-0.25, -0.2) is 13.1 Å². The van der Waals surface area contributed by atoms with E-state index in [9.17, 15) is 8.42 Å². The molecule has 1 aliphatic rings. The molecule has 2 rings (SSSR count). The Morgan fingerprint density at radius 2 is 1.58 bits per heavy atom. The Kier molecular flexibility index (Phi) is 4.02. The molecule has 1 aromatic rings. The summed E-state index contributed by atoms with van der Waals surface area (Å²) >= 11 is 0. The average molecular weight is 281 g/mol. The first-order valence-electron chi connectivity index (χ1n) is 6.92. The quantitative estimate of drug-likeness (QED) is 0.924. The van der Waals surface area contributed by atoms with Crippen LogP contribution in [0.2, 0.25) is 0 Å². The Hall–Kier alpha value is -0.870. The minimum absolute atomic E-state index is 0.0428. The molecule has 106 valence electrons. The fourth-order valence-electron chi connectivity index (χ4n) is 2.47. The molecule has 4 heteroatoms. The maximum absolute atomic E-state index is 12.2. The van der Waals surface area contributed by atoms with Crippen LogP contribution in [0.5, 0.6) is 0 Å². The Morgan fingerprint density at radius 3 is 2.05 bits per heavy atom. The topological polar surface area (TPSA) is 46.2 Å². The standard InChI is InChI=1S/C15H23NO2S/c1-15(2,3)12-8-10-14(11-9-12)19(17,18)16-13-6-4-5-7-13/h8-11,13,16H,4-7H2,1-3H3. The summed E-state index contributed by atoms with van der Waals surface area (Å²) in [6.45, 7) is 6.36. The van der Waals surface area contributed by atoms with Crippen LogP contribution >= 0.6 is 0 Å². The second-order valence-corrected chi connectivity index (χ2v) is 8.09. The normalized spacial score (nSPS) is 17.8. The summed E-state index contributed by atoms with van der Waals surface area (Å²) in [7, 11) is -3.36. The fourth-order valence-corrected chi connectivity index (χ4v) is 3.77. The summed E-state index contributed by atoms with van der Waals surface area (Å²) in [5.41, 5.74) is 1.19.